The molecule has 0 amide bonds. The van der Waals surface area contributed by atoms with Crippen LogP contribution in [0, 0.1) is 0 Å². The Morgan fingerprint density at radius 2 is 1.70 bits per heavy atom. The maximum absolute atomic E-state index is 5.02. The van der Waals surface area contributed by atoms with Crippen LogP contribution in [0.2, 0.25) is 0 Å². The highest BCUT2D eigenvalue weighted by molar-refractivity contribution is 5.85. The summed E-state index contributed by atoms with van der Waals surface area (Å²) in [5, 5.41) is 1.92. The maximum atomic E-state index is 5.02. The van der Waals surface area contributed by atoms with E-state index >= 15 is 0 Å². The molecule has 4 nitrogen and oxygen atoms in total. The molecule has 1 aliphatic heterocycles. The second-order valence-electron chi connectivity index (χ2n) is 1.97. The van der Waals surface area contributed by atoms with Gasteiger partial charge in [-0.2, -0.15) is 5.06 Å². The summed E-state index contributed by atoms with van der Waals surface area (Å²) in [6.45, 7) is 3.77. The van der Waals surface area contributed by atoms with E-state index in [1.165, 1.54) is 0 Å². The SMILES string of the molecule is CON1CCNNCC1.Cl. The van der Waals surface area contributed by atoms with E-state index in [4.69, 9.17) is 4.84 Å². The zero-order valence-electron chi connectivity index (χ0n) is 6.09. The predicted octanol–water partition coefficient (Wildman–Crippen LogP) is -0.621. The van der Waals surface area contributed by atoms with Crippen molar-refractivity contribution in [2.75, 3.05) is 33.3 Å². The summed E-state index contributed by atoms with van der Waals surface area (Å²) in [7, 11) is 1.70. The van der Waals surface area contributed by atoms with Gasteiger partial charge in [-0.15, -0.1) is 12.4 Å². The molecule has 1 heterocycles. The molecule has 10 heavy (non-hydrogen) atoms. The van der Waals surface area contributed by atoms with Crippen LogP contribution in [0.25, 0.3) is 0 Å². The molecule has 5 heteroatoms. The average Bonchev–Trinajstić information content (AvgIpc) is 2.13. The van der Waals surface area contributed by atoms with Gasteiger partial charge in [-0.1, -0.05) is 0 Å². The van der Waals surface area contributed by atoms with Crippen LogP contribution in [-0.2, 0) is 4.84 Å². The third-order valence-corrected chi connectivity index (χ3v) is 1.36. The van der Waals surface area contributed by atoms with Crippen molar-refractivity contribution in [2.45, 2.75) is 0 Å². The first-order chi connectivity index (χ1) is 4.43. The first kappa shape index (κ1) is 10.1. The summed E-state index contributed by atoms with van der Waals surface area (Å²) in [5.74, 6) is 0. The Bertz CT molecular complexity index is 75.3. The molecule has 0 aromatic carbocycles. The molecule has 0 unspecified atom stereocenters. The van der Waals surface area contributed by atoms with Crippen molar-refractivity contribution in [3.8, 4) is 0 Å². The first-order valence-electron chi connectivity index (χ1n) is 3.18. The van der Waals surface area contributed by atoms with Crippen molar-refractivity contribution < 1.29 is 4.84 Å². The molecular weight excluding hydrogens is 154 g/mol. The van der Waals surface area contributed by atoms with E-state index in [1.807, 2.05) is 5.06 Å². The fourth-order valence-corrected chi connectivity index (χ4v) is 0.832. The molecule has 1 fully saturated rings. The van der Waals surface area contributed by atoms with Crippen molar-refractivity contribution in [1.82, 2.24) is 15.9 Å². The van der Waals surface area contributed by atoms with E-state index < -0.39 is 0 Å². The van der Waals surface area contributed by atoms with E-state index in [0.29, 0.717) is 0 Å². The minimum absolute atomic E-state index is 0. The lowest BCUT2D eigenvalue weighted by Crippen LogP contribution is -2.32. The Morgan fingerprint density at radius 1 is 1.20 bits per heavy atom. The van der Waals surface area contributed by atoms with E-state index in [2.05, 4.69) is 10.9 Å². The molecule has 0 bridgehead atoms. The number of hydrazine groups is 1. The van der Waals surface area contributed by atoms with Crippen LogP contribution in [0.5, 0.6) is 0 Å². The van der Waals surface area contributed by atoms with Crippen molar-refractivity contribution in [3.63, 3.8) is 0 Å². The average molecular weight is 168 g/mol. The molecule has 0 saturated carbocycles. The molecule has 2 N–H and O–H groups in total. The summed E-state index contributed by atoms with van der Waals surface area (Å²) in [5.41, 5.74) is 6.08. The highest BCUT2D eigenvalue weighted by Gasteiger charge is 2.04. The normalized spacial score (nSPS) is 21.3. The molecule has 0 radical (unpaired) electrons. The third-order valence-electron chi connectivity index (χ3n) is 1.36. The number of nitrogens with zero attached hydrogens (tertiary/aromatic N) is 1. The Balaban J connectivity index is 0.000000810. The summed E-state index contributed by atoms with van der Waals surface area (Å²) >= 11 is 0. The minimum atomic E-state index is 0. The molecule has 1 rings (SSSR count). The lowest BCUT2D eigenvalue weighted by Gasteiger charge is -2.14. The van der Waals surface area contributed by atoms with Gasteiger partial charge in [0, 0.05) is 26.2 Å². The van der Waals surface area contributed by atoms with Gasteiger partial charge in [0.2, 0.25) is 0 Å². The van der Waals surface area contributed by atoms with Crippen LogP contribution in [0.3, 0.4) is 0 Å². The number of halogens is 1. The minimum Gasteiger partial charge on any atom is -0.302 e. The van der Waals surface area contributed by atoms with E-state index in [9.17, 15) is 0 Å². The number of hydroxylamine groups is 2. The fraction of sp³-hybridized carbons (Fsp3) is 1.00. The molecule has 0 spiro atoms. The monoisotopic (exact) mass is 167 g/mol. The topological polar surface area (TPSA) is 36.5 Å². The van der Waals surface area contributed by atoms with Crippen LogP contribution in [0.15, 0.2) is 0 Å². The lowest BCUT2D eigenvalue weighted by molar-refractivity contribution is -0.124. The molecule has 62 valence electrons. The van der Waals surface area contributed by atoms with Crippen LogP contribution in [0.1, 0.15) is 0 Å². The molecule has 0 aromatic heterocycles. The molecule has 0 aliphatic carbocycles. The molecular formula is C5H14ClN3O. The van der Waals surface area contributed by atoms with Crippen molar-refractivity contribution in [1.29, 1.82) is 0 Å². The molecule has 1 saturated heterocycles. The Hall–Kier alpha value is 0.130. The summed E-state index contributed by atoms with van der Waals surface area (Å²) in [4.78, 5) is 5.02. The van der Waals surface area contributed by atoms with Crippen LogP contribution in [-0.4, -0.2) is 38.4 Å². The van der Waals surface area contributed by atoms with Crippen LogP contribution in [0.4, 0.5) is 0 Å². The summed E-state index contributed by atoms with van der Waals surface area (Å²) < 4.78 is 0. The highest BCUT2D eigenvalue weighted by Crippen LogP contribution is 1.86. The highest BCUT2D eigenvalue weighted by atomic mass is 35.5. The van der Waals surface area contributed by atoms with Crippen molar-refractivity contribution in [3.05, 3.63) is 0 Å². The van der Waals surface area contributed by atoms with Gasteiger partial charge in [0.15, 0.2) is 0 Å². The Labute approximate surface area is 67.2 Å². The van der Waals surface area contributed by atoms with Gasteiger partial charge in [-0.05, 0) is 0 Å². The summed E-state index contributed by atoms with van der Waals surface area (Å²) in [6.07, 6.45) is 0. The van der Waals surface area contributed by atoms with Gasteiger partial charge in [0.1, 0.15) is 0 Å². The smallest absolute Gasteiger partial charge is 0.0575 e. The van der Waals surface area contributed by atoms with Gasteiger partial charge >= 0.3 is 0 Å². The first-order valence-corrected chi connectivity index (χ1v) is 3.18. The Morgan fingerprint density at radius 3 is 2.10 bits per heavy atom. The van der Waals surface area contributed by atoms with E-state index in [0.717, 1.165) is 26.2 Å². The second kappa shape index (κ2) is 5.88. The van der Waals surface area contributed by atoms with Gasteiger partial charge in [0.25, 0.3) is 0 Å². The number of hydrogen-bond donors (Lipinski definition) is 2. The second-order valence-corrected chi connectivity index (χ2v) is 1.97. The molecule has 1 aliphatic rings. The van der Waals surface area contributed by atoms with Crippen molar-refractivity contribution in [2.24, 2.45) is 0 Å². The van der Waals surface area contributed by atoms with E-state index in [-0.39, 0.29) is 12.4 Å². The zero-order chi connectivity index (χ0) is 6.53. The number of rotatable bonds is 1. The maximum Gasteiger partial charge on any atom is 0.0575 e. The van der Waals surface area contributed by atoms with Gasteiger partial charge in [0.05, 0.1) is 7.11 Å². The standard InChI is InChI=1S/C5H13N3O.ClH/c1-9-8-4-2-6-7-3-5-8;/h6-7H,2-5H2,1H3;1H. The van der Waals surface area contributed by atoms with Gasteiger partial charge in [-0.25, -0.2) is 0 Å². The third kappa shape index (κ3) is 3.34. The Kier molecular flexibility index (Phi) is 5.96. The molecule has 0 atom stereocenters. The van der Waals surface area contributed by atoms with Crippen LogP contribution < -0.4 is 10.9 Å². The fourth-order valence-electron chi connectivity index (χ4n) is 0.832. The zero-order valence-corrected chi connectivity index (χ0v) is 6.91. The quantitative estimate of drug-likeness (QED) is 0.546. The molecule has 0 aromatic rings. The van der Waals surface area contributed by atoms with Crippen molar-refractivity contribution >= 4 is 12.4 Å². The number of nitrogens with one attached hydrogen (secondary N) is 2. The van der Waals surface area contributed by atoms with Crippen LogP contribution >= 0.6 is 12.4 Å². The summed E-state index contributed by atoms with van der Waals surface area (Å²) in [6, 6.07) is 0. The van der Waals surface area contributed by atoms with Gasteiger partial charge in [-0.3, -0.25) is 10.9 Å². The van der Waals surface area contributed by atoms with Gasteiger partial charge < -0.3 is 4.84 Å². The number of hydrogen-bond acceptors (Lipinski definition) is 4. The lowest BCUT2D eigenvalue weighted by atomic mass is 10.6. The largest absolute Gasteiger partial charge is 0.302 e. The van der Waals surface area contributed by atoms with E-state index in [1.54, 1.807) is 7.11 Å². The predicted molar refractivity (Wildman–Crippen MR) is 41.8 cm³/mol.